The summed E-state index contributed by atoms with van der Waals surface area (Å²) in [6.45, 7) is 6.85. The minimum absolute atomic E-state index is 0.228. The lowest BCUT2D eigenvalue weighted by Gasteiger charge is -2.12. The molecule has 3 heteroatoms. The van der Waals surface area contributed by atoms with Crippen molar-refractivity contribution in [1.82, 2.24) is 5.32 Å². The van der Waals surface area contributed by atoms with Crippen LogP contribution in [0.15, 0.2) is 22.8 Å². The normalized spacial score (nSPS) is 12.9. The van der Waals surface area contributed by atoms with Gasteiger partial charge in [-0.3, -0.25) is 0 Å². The first-order chi connectivity index (χ1) is 7.83. The van der Waals surface area contributed by atoms with E-state index in [0.29, 0.717) is 6.61 Å². The third-order valence-corrected chi connectivity index (χ3v) is 2.48. The minimum Gasteiger partial charge on any atom is -0.467 e. The Morgan fingerprint density at radius 1 is 1.44 bits per heavy atom. The number of hydrogen-bond donors (Lipinski definition) is 1. The van der Waals surface area contributed by atoms with Crippen molar-refractivity contribution in [3.05, 3.63) is 24.2 Å². The smallest absolute Gasteiger partial charge is 0.129 e. The van der Waals surface area contributed by atoms with E-state index < -0.39 is 0 Å². The van der Waals surface area contributed by atoms with Gasteiger partial charge in [-0.2, -0.15) is 0 Å². The van der Waals surface area contributed by atoms with E-state index in [1.807, 2.05) is 12.1 Å². The van der Waals surface area contributed by atoms with Gasteiger partial charge in [-0.1, -0.05) is 19.8 Å². The molecular formula is C13H23NO2. The molecule has 0 fully saturated rings. The van der Waals surface area contributed by atoms with Gasteiger partial charge < -0.3 is 14.5 Å². The summed E-state index contributed by atoms with van der Waals surface area (Å²) >= 11 is 0. The molecular weight excluding hydrogens is 202 g/mol. The van der Waals surface area contributed by atoms with Crippen LogP contribution in [0, 0.1) is 0 Å². The number of hydrogen-bond acceptors (Lipinski definition) is 3. The fraction of sp³-hybridized carbons (Fsp3) is 0.692. The summed E-state index contributed by atoms with van der Waals surface area (Å²) in [6, 6.07) is 3.81. The van der Waals surface area contributed by atoms with Crippen molar-refractivity contribution in [1.29, 1.82) is 0 Å². The van der Waals surface area contributed by atoms with Crippen molar-refractivity contribution in [2.24, 2.45) is 0 Å². The fourth-order valence-electron chi connectivity index (χ4n) is 1.48. The summed E-state index contributed by atoms with van der Waals surface area (Å²) in [6.07, 6.45) is 5.72. The van der Waals surface area contributed by atoms with Crippen molar-refractivity contribution < 1.29 is 9.15 Å². The molecule has 16 heavy (non-hydrogen) atoms. The summed E-state index contributed by atoms with van der Waals surface area (Å²) in [5.41, 5.74) is 0. The highest BCUT2D eigenvalue weighted by Gasteiger charge is 2.03. The summed E-state index contributed by atoms with van der Waals surface area (Å²) in [7, 11) is 0. The second-order valence-electron chi connectivity index (χ2n) is 4.11. The molecule has 0 saturated heterocycles. The Hall–Kier alpha value is -0.800. The van der Waals surface area contributed by atoms with Crippen LogP contribution in [0.4, 0.5) is 0 Å². The van der Waals surface area contributed by atoms with Crippen LogP contribution in [-0.2, 0) is 11.3 Å². The maximum atomic E-state index is 5.64. The maximum absolute atomic E-state index is 5.64. The minimum atomic E-state index is 0.228. The largest absolute Gasteiger partial charge is 0.467 e. The Morgan fingerprint density at radius 3 is 3.00 bits per heavy atom. The molecule has 0 radical (unpaired) electrons. The van der Waals surface area contributed by atoms with E-state index in [4.69, 9.17) is 9.15 Å². The molecule has 0 aliphatic heterocycles. The summed E-state index contributed by atoms with van der Waals surface area (Å²) in [5.74, 6) is 0.887. The predicted molar refractivity (Wildman–Crippen MR) is 65.4 cm³/mol. The molecule has 3 nitrogen and oxygen atoms in total. The zero-order valence-corrected chi connectivity index (χ0v) is 10.4. The highest BCUT2D eigenvalue weighted by molar-refractivity contribution is 4.96. The monoisotopic (exact) mass is 225 g/mol. The van der Waals surface area contributed by atoms with Crippen LogP contribution in [0.3, 0.4) is 0 Å². The average Bonchev–Trinajstić information content (AvgIpc) is 2.79. The third-order valence-electron chi connectivity index (χ3n) is 2.48. The van der Waals surface area contributed by atoms with Gasteiger partial charge in [-0.25, -0.2) is 0 Å². The highest BCUT2D eigenvalue weighted by Crippen LogP contribution is 2.03. The Kier molecular flexibility index (Phi) is 6.93. The molecule has 0 saturated carbocycles. The molecule has 1 N–H and O–H groups in total. The Bertz CT molecular complexity index is 246. The molecule has 1 unspecified atom stereocenters. The quantitative estimate of drug-likeness (QED) is 0.656. The lowest BCUT2D eigenvalue weighted by Crippen LogP contribution is -2.27. The van der Waals surface area contributed by atoms with Gasteiger partial charge in [0.2, 0.25) is 0 Å². The third kappa shape index (κ3) is 5.93. The first-order valence-electron chi connectivity index (χ1n) is 6.17. The lowest BCUT2D eigenvalue weighted by atomic mass is 10.2. The topological polar surface area (TPSA) is 34.4 Å². The van der Waals surface area contributed by atoms with E-state index in [0.717, 1.165) is 18.8 Å². The molecule has 1 heterocycles. The second kappa shape index (κ2) is 8.36. The summed E-state index contributed by atoms with van der Waals surface area (Å²) in [4.78, 5) is 0. The molecule has 1 aromatic rings. The second-order valence-corrected chi connectivity index (χ2v) is 4.11. The SMILES string of the molecule is CCCCCNCC(C)OCc1ccco1. The van der Waals surface area contributed by atoms with E-state index in [9.17, 15) is 0 Å². The number of ether oxygens (including phenoxy) is 1. The van der Waals surface area contributed by atoms with Crippen molar-refractivity contribution >= 4 is 0 Å². The van der Waals surface area contributed by atoms with Gasteiger partial charge in [0.25, 0.3) is 0 Å². The van der Waals surface area contributed by atoms with Crippen molar-refractivity contribution in [3.63, 3.8) is 0 Å². The average molecular weight is 225 g/mol. The molecule has 1 atom stereocenters. The van der Waals surface area contributed by atoms with E-state index in [1.165, 1.54) is 19.3 Å². The van der Waals surface area contributed by atoms with Crippen molar-refractivity contribution in [3.8, 4) is 0 Å². The number of unbranched alkanes of at least 4 members (excludes halogenated alkanes) is 2. The van der Waals surface area contributed by atoms with Gasteiger partial charge in [0.1, 0.15) is 12.4 Å². The predicted octanol–water partition coefficient (Wildman–Crippen LogP) is 2.96. The van der Waals surface area contributed by atoms with Crippen molar-refractivity contribution in [2.75, 3.05) is 13.1 Å². The number of rotatable bonds is 9. The van der Waals surface area contributed by atoms with Gasteiger partial charge in [-0.05, 0) is 32.0 Å². The molecule has 0 aliphatic rings. The van der Waals surface area contributed by atoms with E-state index in [-0.39, 0.29) is 6.10 Å². The lowest BCUT2D eigenvalue weighted by molar-refractivity contribution is 0.0430. The molecule has 0 aliphatic carbocycles. The Labute approximate surface area is 98.2 Å². The van der Waals surface area contributed by atoms with Gasteiger partial charge in [0.05, 0.1) is 12.4 Å². The number of nitrogens with one attached hydrogen (secondary N) is 1. The van der Waals surface area contributed by atoms with Crippen LogP contribution in [0.5, 0.6) is 0 Å². The summed E-state index contributed by atoms with van der Waals surface area (Å²) in [5, 5.41) is 3.39. The number of furan rings is 1. The summed E-state index contributed by atoms with van der Waals surface area (Å²) < 4.78 is 10.8. The highest BCUT2D eigenvalue weighted by atomic mass is 16.5. The van der Waals surface area contributed by atoms with E-state index in [2.05, 4.69) is 19.2 Å². The molecule has 0 aromatic carbocycles. The van der Waals surface area contributed by atoms with E-state index in [1.54, 1.807) is 6.26 Å². The van der Waals surface area contributed by atoms with Crippen molar-refractivity contribution in [2.45, 2.75) is 45.8 Å². The molecule has 0 bridgehead atoms. The van der Waals surface area contributed by atoms with Crippen LogP contribution in [0.1, 0.15) is 38.9 Å². The van der Waals surface area contributed by atoms with Crippen LogP contribution < -0.4 is 5.32 Å². The van der Waals surface area contributed by atoms with Gasteiger partial charge >= 0.3 is 0 Å². The molecule has 92 valence electrons. The molecule has 1 aromatic heterocycles. The van der Waals surface area contributed by atoms with Crippen LogP contribution in [0.2, 0.25) is 0 Å². The van der Waals surface area contributed by atoms with Crippen LogP contribution in [0.25, 0.3) is 0 Å². The van der Waals surface area contributed by atoms with E-state index >= 15 is 0 Å². The van der Waals surface area contributed by atoms with Gasteiger partial charge in [-0.15, -0.1) is 0 Å². The Morgan fingerprint density at radius 2 is 2.31 bits per heavy atom. The molecule has 0 spiro atoms. The standard InChI is InChI=1S/C13H23NO2/c1-3-4-5-8-14-10-12(2)16-11-13-7-6-9-15-13/h6-7,9,12,14H,3-5,8,10-11H2,1-2H3. The Balaban J connectivity index is 1.96. The zero-order valence-electron chi connectivity index (χ0n) is 10.4. The van der Waals surface area contributed by atoms with Gasteiger partial charge in [0.15, 0.2) is 0 Å². The zero-order chi connectivity index (χ0) is 11.6. The first kappa shape index (κ1) is 13.3. The van der Waals surface area contributed by atoms with Crippen LogP contribution in [-0.4, -0.2) is 19.2 Å². The first-order valence-corrected chi connectivity index (χ1v) is 6.17. The fourth-order valence-corrected chi connectivity index (χ4v) is 1.48. The molecule has 1 rings (SSSR count). The van der Waals surface area contributed by atoms with Gasteiger partial charge in [0, 0.05) is 6.54 Å². The van der Waals surface area contributed by atoms with Crippen LogP contribution >= 0.6 is 0 Å². The maximum Gasteiger partial charge on any atom is 0.129 e. The molecule has 0 amide bonds.